The molecule has 1 fully saturated rings. The highest BCUT2D eigenvalue weighted by atomic mass is 16.5. The Morgan fingerprint density at radius 3 is 2.84 bits per heavy atom. The number of aryl methyl sites for hydroxylation is 1. The van der Waals surface area contributed by atoms with E-state index in [0.29, 0.717) is 6.10 Å². The molecule has 0 saturated heterocycles. The van der Waals surface area contributed by atoms with Gasteiger partial charge in [0.05, 0.1) is 12.2 Å². The second kappa shape index (κ2) is 5.51. The lowest BCUT2D eigenvalue weighted by Crippen LogP contribution is -2.29. The summed E-state index contributed by atoms with van der Waals surface area (Å²) in [4.78, 5) is 0. The Labute approximate surface area is 114 Å². The molecule has 1 saturated carbocycles. The zero-order valence-electron chi connectivity index (χ0n) is 11.5. The normalized spacial score (nSPS) is 30.1. The van der Waals surface area contributed by atoms with E-state index in [0.717, 1.165) is 43.4 Å². The molecular weight excluding hydrogens is 240 g/mol. The lowest BCUT2D eigenvalue weighted by Gasteiger charge is -2.28. The Balaban J connectivity index is 1.67. The number of aliphatic hydroxyl groups is 1. The summed E-state index contributed by atoms with van der Waals surface area (Å²) in [5.41, 5.74) is 2.31. The molecule has 0 spiro atoms. The van der Waals surface area contributed by atoms with Crippen LogP contribution in [0, 0.1) is 0 Å². The highest BCUT2D eigenvalue weighted by molar-refractivity contribution is 5.39. The third-order valence-corrected chi connectivity index (χ3v) is 4.37. The maximum Gasteiger partial charge on any atom is 0.120 e. The SMILES string of the molecule is COC1CCCC(Oc2ccc3c(c2)CC[C@H]3O)C1. The number of hydrogen-bond donors (Lipinski definition) is 1. The van der Waals surface area contributed by atoms with Gasteiger partial charge < -0.3 is 14.6 Å². The number of fused-ring (bicyclic) bond motifs is 1. The lowest BCUT2D eigenvalue weighted by molar-refractivity contribution is 0.0209. The molecule has 19 heavy (non-hydrogen) atoms. The highest BCUT2D eigenvalue weighted by Gasteiger charge is 2.24. The third kappa shape index (κ3) is 2.77. The van der Waals surface area contributed by atoms with Gasteiger partial charge in [0.15, 0.2) is 0 Å². The van der Waals surface area contributed by atoms with Crippen LogP contribution in [0.1, 0.15) is 49.3 Å². The Hall–Kier alpha value is -1.06. The van der Waals surface area contributed by atoms with Crippen molar-refractivity contribution < 1.29 is 14.6 Å². The molecule has 1 aromatic carbocycles. The van der Waals surface area contributed by atoms with E-state index in [1.807, 2.05) is 12.1 Å². The van der Waals surface area contributed by atoms with Crippen molar-refractivity contribution in [3.8, 4) is 5.75 Å². The van der Waals surface area contributed by atoms with Gasteiger partial charge in [-0.1, -0.05) is 6.07 Å². The van der Waals surface area contributed by atoms with E-state index in [2.05, 4.69) is 6.07 Å². The minimum Gasteiger partial charge on any atom is -0.490 e. The molecule has 3 atom stereocenters. The van der Waals surface area contributed by atoms with Crippen molar-refractivity contribution in [3.05, 3.63) is 29.3 Å². The first-order valence-corrected chi connectivity index (χ1v) is 7.26. The predicted octanol–water partition coefficient (Wildman–Crippen LogP) is 3.00. The van der Waals surface area contributed by atoms with Crippen LogP contribution in [0.2, 0.25) is 0 Å². The Kier molecular flexibility index (Phi) is 3.76. The topological polar surface area (TPSA) is 38.7 Å². The minimum absolute atomic E-state index is 0.267. The van der Waals surface area contributed by atoms with Crippen LogP contribution in [-0.2, 0) is 11.2 Å². The van der Waals surface area contributed by atoms with Crippen molar-refractivity contribution in [3.63, 3.8) is 0 Å². The summed E-state index contributed by atoms with van der Waals surface area (Å²) < 4.78 is 11.5. The van der Waals surface area contributed by atoms with Gasteiger partial charge in [-0.15, -0.1) is 0 Å². The Morgan fingerprint density at radius 2 is 2.00 bits per heavy atom. The summed E-state index contributed by atoms with van der Waals surface area (Å²) in [7, 11) is 1.78. The van der Waals surface area contributed by atoms with E-state index in [9.17, 15) is 5.11 Å². The minimum atomic E-state index is -0.281. The fourth-order valence-corrected chi connectivity index (χ4v) is 3.26. The van der Waals surface area contributed by atoms with Crippen LogP contribution < -0.4 is 4.74 Å². The average Bonchev–Trinajstić information content (AvgIpc) is 2.80. The van der Waals surface area contributed by atoms with E-state index in [1.165, 1.54) is 12.0 Å². The zero-order chi connectivity index (χ0) is 13.2. The summed E-state index contributed by atoms with van der Waals surface area (Å²) >= 11 is 0. The van der Waals surface area contributed by atoms with Crippen molar-refractivity contribution in [2.45, 2.75) is 56.8 Å². The summed E-state index contributed by atoms with van der Waals surface area (Å²) in [6.45, 7) is 0. The van der Waals surface area contributed by atoms with E-state index >= 15 is 0 Å². The molecule has 0 aliphatic heterocycles. The highest BCUT2D eigenvalue weighted by Crippen LogP contribution is 2.34. The molecule has 0 aromatic heterocycles. The second-order valence-electron chi connectivity index (χ2n) is 5.68. The third-order valence-electron chi connectivity index (χ3n) is 4.37. The van der Waals surface area contributed by atoms with E-state index in [4.69, 9.17) is 9.47 Å². The summed E-state index contributed by atoms with van der Waals surface area (Å²) in [6, 6.07) is 6.10. The lowest BCUT2D eigenvalue weighted by atomic mass is 9.95. The largest absolute Gasteiger partial charge is 0.490 e. The molecule has 2 unspecified atom stereocenters. The van der Waals surface area contributed by atoms with Crippen molar-refractivity contribution >= 4 is 0 Å². The zero-order valence-corrected chi connectivity index (χ0v) is 11.5. The standard InChI is InChI=1S/C16H22O3/c1-18-12-3-2-4-13(10-12)19-14-6-7-15-11(9-14)5-8-16(15)17/h6-7,9,12-13,16-17H,2-5,8,10H2,1H3/t12?,13?,16-/m1/s1. The van der Waals surface area contributed by atoms with Gasteiger partial charge in [-0.3, -0.25) is 0 Å². The van der Waals surface area contributed by atoms with Crippen molar-refractivity contribution in [2.75, 3.05) is 7.11 Å². The van der Waals surface area contributed by atoms with Crippen LogP contribution in [0.15, 0.2) is 18.2 Å². The van der Waals surface area contributed by atoms with E-state index < -0.39 is 0 Å². The monoisotopic (exact) mass is 262 g/mol. The molecule has 0 heterocycles. The van der Waals surface area contributed by atoms with Gasteiger partial charge >= 0.3 is 0 Å². The smallest absolute Gasteiger partial charge is 0.120 e. The number of benzene rings is 1. The molecule has 2 aliphatic carbocycles. The number of methoxy groups -OCH3 is 1. The molecule has 1 aromatic rings. The second-order valence-corrected chi connectivity index (χ2v) is 5.68. The first-order valence-electron chi connectivity index (χ1n) is 7.26. The number of aliphatic hydroxyl groups excluding tert-OH is 1. The molecule has 3 heteroatoms. The van der Waals surface area contributed by atoms with Crippen LogP contribution in [0.25, 0.3) is 0 Å². The molecule has 2 aliphatic rings. The molecule has 3 nitrogen and oxygen atoms in total. The molecule has 0 radical (unpaired) electrons. The molecule has 3 rings (SSSR count). The Bertz CT molecular complexity index is 444. The van der Waals surface area contributed by atoms with Crippen molar-refractivity contribution in [1.29, 1.82) is 0 Å². The van der Waals surface area contributed by atoms with Gasteiger partial charge in [-0.2, -0.15) is 0 Å². The summed E-state index contributed by atoms with van der Waals surface area (Å²) in [5, 5.41) is 9.80. The number of hydrogen-bond acceptors (Lipinski definition) is 3. The predicted molar refractivity (Wildman–Crippen MR) is 73.4 cm³/mol. The van der Waals surface area contributed by atoms with Gasteiger partial charge in [0.2, 0.25) is 0 Å². The van der Waals surface area contributed by atoms with Gasteiger partial charge in [0.1, 0.15) is 11.9 Å². The fourth-order valence-electron chi connectivity index (χ4n) is 3.26. The van der Waals surface area contributed by atoms with Crippen molar-refractivity contribution in [1.82, 2.24) is 0 Å². The molecular formula is C16H22O3. The summed E-state index contributed by atoms with van der Waals surface area (Å²) in [6.07, 6.45) is 6.54. The molecule has 0 amide bonds. The van der Waals surface area contributed by atoms with Crippen LogP contribution in [-0.4, -0.2) is 24.4 Å². The van der Waals surface area contributed by atoms with Crippen LogP contribution >= 0.6 is 0 Å². The Morgan fingerprint density at radius 1 is 1.16 bits per heavy atom. The van der Waals surface area contributed by atoms with E-state index in [-0.39, 0.29) is 12.2 Å². The molecule has 0 bridgehead atoms. The van der Waals surface area contributed by atoms with Crippen LogP contribution in [0.4, 0.5) is 0 Å². The van der Waals surface area contributed by atoms with Gasteiger partial charge in [0.25, 0.3) is 0 Å². The van der Waals surface area contributed by atoms with E-state index in [1.54, 1.807) is 7.11 Å². The maximum atomic E-state index is 9.80. The summed E-state index contributed by atoms with van der Waals surface area (Å²) in [5.74, 6) is 0.939. The number of rotatable bonds is 3. The number of ether oxygens (including phenoxy) is 2. The average molecular weight is 262 g/mol. The first-order chi connectivity index (χ1) is 9.26. The first kappa shape index (κ1) is 12.9. The van der Waals surface area contributed by atoms with Crippen molar-refractivity contribution in [2.24, 2.45) is 0 Å². The van der Waals surface area contributed by atoms with Gasteiger partial charge in [-0.25, -0.2) is 0 Å². The fraction of sp³-hybridized carbons (Fsp3) is 0.625. The van der Waals surface area contributed by atoms with Gasteiger partial charge in [0, 0.05) is 13.5 Å². The molecule has 1 N–H and O–H groups in total. The van der Waals surface area contributed by atoms with Gasteiger partial charge in [-0.05, 0) is 55.4 Å². The van der Waals surface area contributed by atoms with Crippen LogP contribution in [0.5, 0.6) is 5.75 Å². The molecule has 104 valence electrons. The maximum absolute atomic E-state index is 9.80. The van der Waals surface area contributed by atoms with Crippen LogP contribution in [0.3, 0.4) is 0 Å². The quantitative estimate of drug-likeness (QED) is 0.910.